The summed E-state index contributed by atoms with van der Waals surface area (Å²) in [5.41, 5.74) is 6.10. The van der Waals surface area contributed by atoms with Gasteiger partial charge in [0.25, 0.3) is 0 Å². The minimum atomic E-state index is 0.0739. The monoisotopic (exact) mass is 415 g/mol. The summed E-state index contributed by atoms with van der Waals surface area (Å²) < 4.78 is 16.8. The van der Waals surface area contributed by atoms with Crippen molar-refractivity contribution in [1.29, 1.82) is 0 Å². The van der Waals surface area contributed by atoms with Crippen LogP contribution in [0.4, 0.5) is 0 Å². The lowest BCUT2D eigenvalue weighted by Gasteiger charge is -2.47. The molecule has 6 rings (SSSR count). The molecule has 0 spiro atoms. The van der Waals surface area contributed by atoms with Crippen LogP contribution in [-0.2, 0) is 19.3 Å². The van der Waals surface area contributed by atoms with Crippen molar-refractivity contribution in [3.63, 3.8) is 0 Å². The lowest BCUT2D eigenvalue weighted by atomic mass is 9.78. The van der Waals surface area contributed by atoms with Gasteiger partial charge in [0, 0.05) is 24.2 Å². The van der Waals surface area contributed by atoms with Gasteiger partial charge >= 0.3 is 0 Å². The highest BCUT2D eigenvalue weighted by Crippen LogP contribution is 2.51. The molecule has 0 unspecified atom stereocenters. The standard InChI is InChI=1S/C26H25NO4/c1-29-22-8-7-18-12-20-19-14-24-23(30-15-31-24)13-17(19)9-10-27(20)21(25(18)26(22)28)11-16-5-3-2-4-6-16/h2-8,13-14,20-21,28H,9-12,15H2,1H3/t20-,21-/m0/s1. The summed E-state index contributed by atoms with van der Waals surface area (Å²) in [6.45, 7) is 1.23. The molecule has 5 nitrogen and oxygen atoms in total. The Kier molecular flexibility index (Phi) is 4.32. The van der Waals surface area contributed by atoms with Gasteiger partial charge in [-0.15, -0.1) is 0 Å². The maximum absolute atomic E-state index is 11.1. The third-order valence-electron chi connectivity index (χ3n) is 6.94. The highest BCUT2D eigenvalue weighted by molar-refractivity contribution is 5.56. The van der Waals surface area contributed by atoms with Gasteiger partial charge in [-0.05, 0) is 59.7 Å². The Morgan fingerprint density at radius 2 is 1.84 bits per heavy atom. The lowest BCUT2D eigenvalue weighted by molar-refractivity contribution is 0.104. The molecule has 3 aliphatic rings. The number of benzene rings is 3. The Hall–Kier alpha value is -3.18. The van der Waals surface area contributed by atoms with Crippen molar-refractivity contribution in [3.8, 4) is 23.0 Å². The first-order valence-electron chi connectivity index (χ1n) is 10.8. The summed E-state index contributed by atoms with van der Waals surface area (Å²) in [4.78, 5) is 2.55. The van der Waals surface area contributed by atoms with Gasteiger partial charge in [0.1, 0.15) is 0 Å². The molecule has 0 saturated carbocycles. The van der Waals surface area contributed by atoms with Gasteiger partial charge in [-0.1, -0.05) is 36.4 Å². The average molecular weight is 415 g/mol. The van der Waals surface area contributed by atoms with E-state index in [4.69, 9.17) is 14.2 Å². The largest absolute Gasteiger partial charge is 0.504 e. The lowest BCUT2D eigenvalue weighted by Crippen LogP contribution is -2.43. The number of phenolic OH excluding ortho intramolecular Hbond substituents is 1. The van der Waals surface area contributed by atoms with Crippen LogP contribution in [0.25, 0.3) is 0 Å². The minimum absolute atomic E-state index is 0.0739. The summed E-state index contributed by atoms with van der Waals surface area (Å²) >= 11 is 0. The number of ether oxygens (including phenoxy) is 3. The van der Waals surface area contributed by atoms with Crippen LogP contribution in [0, 0.1) is 0 Å². The van der Waals surface area contributed by atoms with E-state index >= 15 is 0 Å². The minimum Gasteiger partial charge on any atom is -0.504 e. The van der Waals surface area contributed by atoms with Crippen LogP contribution in [0.15, 0.2) is 54.6 Å². The Morgan fingerprint density at radius 1 is 1.03 bits per heavy atom. The second-order valence-electron chi connectivity index (χ2n) is 8.51. The first kappa shape index (κ1) is 18.6. The molecule has 0 bridgehead atoms. The van der Waals surface area contributed by atoms with Gasteiger partial charge in [-0.2, -0.15) is 0 Å². The molecule has 0 aromatic heterocycles. The van der Waals surface area contributed by atoms with Crippen molar-refractivity contribution in [2.45, 2.75) is 31.3 Å². The topological polar surface area (TPSA) is 51.2 Å². The first-order chi connectivity index (χ1) is 15.2. The molecule has 1 N–H and O–H groups in total. The fourth-order valence-electron chi connectivity index (χ4n) is 5.49. The molecular formula is C26H25NO4. The Labute approximate surface area is 181 Å². The van der Waals surface area contributed by atoms with Gasteiger partial charge < -0.3 is 19.3 Å². The zero-order valence-corrected chi connectivity index (χ0v) is 17.5. The third kappa shape index (κ3) is 2.95. The van der Waals surface area contributed by atoms with E-state index in [1.165, 1.54) is 22.3 Å². The quantitative estimate of drug-likeness (QED) is 0.679. The number of hydrogen-bond donors (Lipinski definition) is 1. The molecule has 0 amide bonds. The smallest absolute Gasteiger partial charge is 0.231 e. The van der Waals surface area contributed by atoms with Crippen LogP contribution < -0.4 is 14.2 Å². The van der Waals surface area contributed by atoms with Gasteiger partial charge in [0.2, 0.25) is 6.79 Å². The zero-order valence-electron chi connectivity index (χ0n) is 17.5. The highest BCUT2D eigenvalue weighted by atomic mass is 16.7. The number of phenols is 1. The predicted octanol–water partition coefficient (Wildman–Crippen LogP) is 4.57. The second-order valence-corrected chi connectivity index (χ2v) is 8.51. The van der Waals surface area contributed by atoms with E-state index in [-0.39, 0.29) is 17.8 Å². The normalized spacial score (nSPS) is 21.2. The molecule has 3 aliphatic heterocycles. The van der Waals surface area contributed by atoms with Crippen molar-refractivity contribution in [1.82, 2.24) is 4.90 Å². The Balaban J connectivity index is 1.48. The molecule has 31 heavy (non-hydrogen) atoms. The number of nitrogens with zero attached hydrogens (tertiary/aromatic N) is 1. The maximum Gasteiger partial charge on any atom is 0.231 e. The van der Waals surface area contributed by atoms with Gasteiger partial charge in [0.15, 0.2) is 23.0 Å². The first-order valence-corrected chi connectivity index (χ1v) is 10.8. The van der Waals surface area contributed by atoms with E-state index in [9.17, 15) is 5.11 Å². The second kappa shape index (κ2) is 7.20. The van der Waals surface area contributed by atoms with Crippen LogP contribution >= 0.6 is 0 Å². The number of rotatable bonds is 3. The van der Waals surface area contributed by atoms with Gasteiger partial charge in [-0.3, -0.25) is 4.90 Å². The van der Waals surface area contributed by atoms with Crippen LogP contribution in [0.1, 0.15) is 39.9 Å². The molecule has 2 atom stereocenters. The van der Waals surface area contributed by atoms with Crippen molar-refractivity contribution in [3.05, 3.63) is 82.4 Å². The fourth-order valence-corrected chi connectivity index (χ4v) is 5.49. The van der Waals surface area contributed by atoms with E-state index in [0.29, 0.717) is 12.5 Å². The van der Waals surface area contributed by atoms with Crippen LogP contribution in [0.5, 0.6) is 23.0 Å². The molecule has 3 heterocycles. The molecule has 158 valence electrons. The summed E-state index contributed by atoms with van der Waals surface area (Å²) in [7, 11) is 1.61. The van der Waals surface area contributed by atoms with E-state index in [1.807, 2.05) is 12.1 Å². The van der Waals surface area contributed by atoms with Crippen LogP contribution in [0.3, 0.4) is 0 Å². The summed E-state index contributed by atoms with van der Waals surface area (Å²) in [5.74, 6) is 2.50. The number of aromatic hydroxyl groups is 1. The fraction of sp³-hybridized carbons (Fsp3) is 0.308. The summed E-state index contributed by atoms with van der Waals surface area (Å²) in [6, 6.07) is 19.2. The van der Waals surface area contributed by atoms with Crippen LogP contribution in [-0.4, -0.2) is 30.5 Å². The van der Waals surface area contributed by atoms with Crippen LogP contribution in [0.2, 0.25) is 0 Å². The molecule has 5 heteroatoms. The molecule has 0 fully saturated rings. The van der Waals surface area contributed by atoms with E-state index in [2.05, 4.69) is 47.4 Å². The molecule has 3 aromatic rings. The van der Waals surface area contributed by atoms with E-state index < -0.39 is 0 Å². The van der Waals surface area contributed by atoms with Crippen molar-refractivity contribution < 1.29 is 19.3 Å². The maximum atomic E-state index is 11.1. The predicted molar refractivity (Wildman–Crippen MR) is 117 cm³/mol. The zero-order chi connectivity index (χ0) is 20.9. The molecule has 0 aliphatic carbocycles. The third-order valence-corrected chi connectivity index (χ3v) is 6.94. The van der Waals surface area contributed by atoms with Crippen molar-refractivity contribution >= 4 is 0 Å². The average Bonchev–Trinajstić information content (AvgIpc) is 3.26. The number of hydrogen-bond acceptors (Lipinski definition) is 5. The Morgan fingerprint density at radius 3 is 2.65 bits per heavy atom. The molecule has 0 radical (unpaired) electrons. The molecule has 3 aromatic carbocycles. The van der Waals surface area contributed by atoms with Crippen molar-refractivity contribution in [2.24, 2.45) is 0 Å². The number of fused-ring (bicyclic) bond motifs is 5. The van der Waals surface area contributed by atoms with Crippen molar-refractivity contribution in [2.75, 3.05) is 20.4 Å². The van der Waals surface area contributed by atoms with Gasteiger partial charge in [-0.25, -0.2) is 0 Å². The molecule has 0 saturated heterocycles. The Bertz CT molecular complexity index is 1140. The van der Waals surface area contributed by atoms with Gasteiger partial charge in [0.05, 0.1) is 7.11 Å². The molecular weight excluding hydrogens is 390 g/mol. The summed E-state index contributed by atoms with van der Waals surface area (Å²) in [5, 5.41) is 11.1. The summed E-state index contributed by atoms with van der Waals surface area (Å²) in [6.07, 6.45) is 2.64. The van der Waals surface area contributed by atoms with E-state index in [1.54, 1.807) is 7.11 Å². The number of methoxy groups -OCH3 is 1. The SMILES string of the molecule is COc1ccc2c(c1O)[C@H](Cc1ccccc1)N1CCc3cc4c(cc3[C@@H]1C2)OCO4. The highest BCUT2D eigenvalue weighted by Gasteiger charge is 2.41. The van der Waals surface area contributed by atoms with E-state index in [0.717, 1.165) is 42.9 Å².